The summed E-state index contributed by atoms with van der Waals surface area (Å²) in [5.41, 5.74) is 1.99. The van der Waals surface area contributed by atoms with Crippen LogP contribution in [-0.4, -0.2) is 21.2 Å². The van der Waals surface area contributed by atoms with Gasteiger partial charge >= 0.3 is 0 Å². The molecule has 0 saturated heterocycles. The number of nitrogens with zero attached hydrogens (tertiary/aromatic N) is 2. The predicted octanol–water partition coefficient (Wildman–Crippen LogP) is 1.55. The lowest BCUT2D eigenvalue weighted by Crippen LogP contribution is -2.24. The van der Waals surface area contributed by atoms with Gasteiger partial charge in [0, 0.05) is 6.54 Å². The van der Waals surface area contributed by atoms with Gasteiger partial charge in [0.25, 0.3) is 5.91 Å². The van der Waals surface area contributed by atoms with Gasteiger partial charge in [0.15, 0.2) is 10.8 Å². The Hall–Kier alpha value is -1.98. The lowest BCUT2D eigenvalue weighted by molar-refractivity contribution is 0.0945. The molecule has 0 radical (unpaired) electrons. The molecule has 0 aliphatic heterocycles. The molecular weight excluding hydrogens is 266 g/mol. The summed E-state index contributed by atoms with van der Waals surface area (Å²) in [6.07, 6.45) is 0. The van der Waals surface area contributed by atoms with E-state index < -0.39 is 0 Å². The Morgan fingerprint density at radius 1 is 1.11 bits per heavy atom. The molecule has 0 saturated carbocycles. The number of benzene rings is 1. The third kappa shape index (κ3) is 3.74. The van der Waals surface area contributed by atoms with Crippen LogP contribution < -0.4 is 5.32 Å². The zero-order valence-corrected chi connectivity index (χ0v) is 10.8. The molecule has 2 N–H and O–H groups in total. The Morgan fingerprint density at radius 3 is 2.37 bits per heavy atom. The first-order chi connectivity index (χ1) is 9.19. The minimum Gasteiger partial charge on any atom is -0.392 e. The van der Waals surface area contributed by atoms with Gasteiger partial charge in [-0.25, -0.2) is 0 Å². The van der Waals surface area contributed by atoms with Gasteiger partial charge in [0.1, 0.15) is 0 Å². The van der Waals surface area contributed by atoms with E-state index in [1.165, 1.54) is 12.1 Å². The van der Waals surface area contributed by atoms with Crippen molar-refractivity contribution in [1.29, 1.82) is 0 Å². The highest BCUT2D eigenvalue weighted by Crippen LogP contribution is 2.05. The van der Waals surface area contributed by atoms with Gasteiger partial charge in [-0.3, -0.25) is 4.79 Å². The minimum atomic E-state index is -0.310. The first kappa shape index (κ1) is 13.5. The molecule has 0 unspecified atom stereocenters. The van der Waals surface area contributed by atoms with Crippen LogP contribution in [0.25, 0.3) is 0 Å². The van der Waals surface area contributed by atoms with Crippen LogP contribution in [0.15, 0.2) is 36.4 Å². The van der Waals surface area contributed by atoms with Gasteiger partial charge in [-0.2, -0.15) is 0 Å². The largest absolute Gasteiger partial charge is 0.392 e. The molecule has 98 valence electrons. The number of halogens is 1. The number of aliphatic hydroxyl groups excluding tert-OH is 1. The average molecular weight is 278 g/mol. The molecule has 1 aromatic heterocycles. The fourth-order valence-electron chi connectivity index (χ4n) is 1.47. The standard InChI is InChI=1S/C13H12ClN3O2/c14-12-6-5-11(16-17-12)13(19)15-7-9-1-3-10(8-18)4-2-9/h1-6,18H,7-8H2,(H,15,19). The van der Waals surface area contributed by atoms with Gasteiger partial charge in [-0.05, 0) is 23.3 Å². The highest BCUT2D eigenvalue weighted by Gasteiger charge is 2.07. The highest BCUT2D eigenvalue weighted by atomic mass is 35.5. The number of carbonyl (C=O) groups is 1. The van der Waals surface area contributed by atoms with Gasteiger partial charge in [0.2, 0.25) is 0 Å². The number of aromatic nitrogens is 2. The van der Waals surface area contributed by atoms with Crippen LogP contribution in [-0.2, 0) is 13.2 Å². The van der Waals surface area contributed by atoms with Crippen molar-refractivity contribution in [1.82, 2.24) is 15.5 Å². The Kier molecular flexibility index (Phi) is 4.43. The molecule has 1 heterocycles. The third-order valence-electron chi connectivity index (χ3n) is 2.52. The van der Waals surface area contributed by atoms with Crippen LogP contribution in [0, 0.1) is 0 Å². The van der Waals surface area contributed by atoms with E-state index in [-0.39, 0.29) is 23.4 Å². The maximum Gasteiger partial charge on any atom is 0.272 e. The monoisotopic (exact) mass is 277 g/mol. The maximum atomic E-state index is 11.8. The fraction of sp³-hybridized carbons (Fsp3) is 0.154. The van der Waals surface area contributed by atoms with Gasteiger partial charge < -0.3 is 10.4 Å². The van der Waals surface area contributed by atoms with E-state index in [0.29, 0.717) is 6.54 Å². The van der Waals surface area contributed by atoms with Crippen LogP contribution >= 0.6 is 11.6 Å². The molecule has 19 heavy (non-hydrogen) atoms. The summed E-state index contributed by atoms with van der Waals surface area (Å²) < 4.78 is 0. The Labute approximate surface area is 115 Å². The van der Waals surface area contributed by atoms with Crippen molar-refractivity contribution in [2.75, 3.05) is 0 Å². The normalized spacial score (nSPS) is 10.2. The molecule has 2 aromatic rings. The molecular formula is C13H12ClN3O2. The van der Waals surface area contributed by atoms with Crippen LogP contribution in [0.4, 0.5) is 0 Å². The SMILES string of the molecule is O=C(NCc1ccc(CO)cc1)c1ccc(Cl)nn1. The second kappa shape index (κ2) is 6.26. The van der Waals surface area contributed by atoms with E-state index in [1.807, 2.05) is 24.3 Å². The Balaban J connectivity index is 1.94. The maximum absolute atomic E-state index is 11.8. The first-order valence-corrected chi connectivity index (χ1v) is 6.03. The molecule has 0 fully saturated rings. The summed E-state index contributed by atoms with van der Waals surface area (Å²) in [4.78, 5) is 11.8. The van der Waals surface area contributed by atoms with Crippen LogP contribution in [0.1, 0.15) is 21.6 Å². The Morgan fingerprint density at radius 2 is 1.79 bits per heavy atom. The van der Waals surface area contributed by atoms with Crippen molar-refractivity contribution in [3.8, 4) is 0 Å². The Bertz CT molecular complexity index is 555. The number of hydrogen-bond donors (Lipinski definition) is 2. The fourth-order valence-corrected chi connectivity index (χ4v) is 1.57. The number of rotatable bonds is 4. The summed E-state index contributed by atoms with van der Waals surface area (Å²) in [6.45, 7) is 0.391. The predicted molar refractivity (Wildman–Crippen MR) is 70.6 cm³/mol. The molecule has 0 aliphatic carbocycles. The lowest BCUT2D eigenvalue weighted by Gasteiger charge is -2.05. The van der Waals surface area contributed by atoms with Gasteiger partial charge in [-0.1, -0.05) is 35.9 Å². The molecule has 1 amide bonds. The van der Waals surface area contributed by atoms with Crippen molar-refractivity contribution in [3.05, 3.63) is 58.4 Å². The highest BCUT2D eigenvalue weighted by molar-refractivity contribution is 6.29. The number of aliphatic hydroxyl groups is 1. The van der Waals surface area contributed by atoms with Crippen LogP contribution in [0.3, 0.4) is 0 Å². The van der Waals surface area contributed by atoms with Crippen LogP contribution in [0.5, 0.6) is 0 Å². The molecule has 0 atom stereocenters. The summed E-state index contributed by atoms with van der Waals surface area (Å²) in [5, 5.41) is 19.2. The van der Waals surface area contributed by atoms with Gasteiger partial charge in [0.05, 0.1) is 6.61 Å². The lowest BCUT2D eigenvalue weighted by atomic mass is 10.1. The van der Waals surface area contributed by atoms with Crippen molar-refractivity contribution in [2.45, 2.75) is 13.2 Å². The minimum absolute atomic E-state index is 0.00695. The molecule has 5 nitrogen and oxygen atoms in total. The van der Waals surface area contributed by atoms with E-state index in [4.69, 9.17) is 16.7 Å². The van der Waals surface area contributed by atoms with Gasteiger partial charge in [-0.15, -0.1) is 10.2 Å². The zero-order chi connectivity index (χ0) is 13.7. The van der Waals surface area contributed by atoms with E-state index in [9.17, 15) is 4.79 Å². The van der Waals surface area contributed by atoms with Crippen molar-refractivity contribution >= 4 is 17.5 Å². The van der Waals surface area contributed by atoms with E-state index in [2.05, 4.69) is 15.5 Å². The molecule has 2 rings (SSSR count). The number of nitrogens with one attached hydrogen (secondary N) is 1. The van der Waals surface area contributed by atoms with Crippen molar-refractivity contribution in [3.63, 3.8) is 0 Å². The quantitative estimate of drug-likeness (QED) is 0.889. The summed E-state index contributed by atoms with van der Waals surface area (Å²) >= 11 is 5.59. The summed E-state index contributed by atoms with van der Waals surface area (Å²) in [7, 11) is 0. The average Bonchev–Trinajstić information content (AvgIpc) is 2.46. The third-order valence-corrected chi connectivity index (χ3v) is 2.72. The van der Waals surface area contributed by atoms with Crippen LogP contribution in [0.2, 0.25) is 5.15 Å². The molecule has 0 bridgehead atoms. The smallest absolute Gasteiger partial charge is 0.272 e. The number of amides is 1. The first-order valence-electron chi connectivity index (χ1n) is 5.65. The molecule has 0 aliphatic rings. The van der Waals surface area contributed by atoms with E-state index in [0.717, 1.165) is 11.1 Å². The zero-order valence-electron chi connectivity index (χ0n) is 10.0. The number of hydrogen-bond acceptors (Lipinski definition) is 4. The van der Waals surface area contributed by atoms with Crippen molar-refractivity contribution in [2.24, 2.45) is 0 Å². The second-order valence-electron chi connectivity index (χ2n) is 3.90. The van der Waals surface area contributed by atoms with Crippen molar-refractivity contribution < 1.29 is 9.90 Å². The topological polar surface area (TPSA) is 75.1 Å². The molecule has 6 heteroatoms. The van der Waals surface area contributed by atoms with E-state index in [1.54, 1.807) is 0 Å². The second-order valence-corrected chi connectivity index (χ2v) is 4.29. The number of carbonyl (C=O) groups excluding carboxylic acids is 1. The van der Waals surface area contributed by atoms with E-state index >= 15 is 0 Å². The summed E-state index contributed by atoms with van der Waals surface area (Å²) in [5.74, 6) is -0.310. The summed E-state index contributed by atoms with van der Waals surface area (Å²) in [6, 6.07) is 10.3. The molecule has 0 spiro atoms. The molecule has 1 aromatic carbocycles.